The van der Waals surface area contributed by atoms with E-state index in [0.717, 1.165) is 11.1 Å². The first-order chi connectivity index (χ1) is 12.7. The van der Waals surface area contributed by atoms with Crippen molar-refractivity contribution in [2.45, 2.75) is 13.0 Å². The molecule has 8 nitrogen and oxygen atoms in total. The molecule has 2 aromatic carbocycles. The molecule has 0 bridgehead atoms. The van der Waals surface area contributed by atoms with Crippen LogP contribution in [0, 0.1) is 5.82 Å². The summed E-state index contributed by atoms with van der Waals surface area (Å²) in [5, 5.41) is 11.9. The van der Waals surface area contributed by atoms with Gasteiger partial charge in [-0.2, -0.15) is 4.80 Å². The van der Waals surface area contributed by atoms with Crippen LogP contribution in [-0.4, -0.2) is 40.7 Å². The number of carbonyl (C=O) groups is 1. The number of anilines is 1. The van der Waals surface area contributed by atoms with E-state index in [2.05, 4.69) is 20.1 Å². The first-order valence-electron chi connectivity index (χ1n) is 7.90. The van der Waals surface area contributed by atoms with E-state index in [1.165, 1.54) is 42.5 Å². The maximum atomic E-state index is 13.3. The molecule has 1 aromatic heterocycles. The van der Waals surface area contributed by atoms with E-state index in [9.17, 15) is 17.6 Å². The fourth-order valence-electron chi connectivity index (χ4n) is 2.40. The van der Waals surface area contributed by atoms with Crippen LogP contribution in [-0.2, 0) is 10.0 Å². The first kappa shape index (κ1) is 18.6. The number of halogens is 1. The fourth-order valence-corrected chi connectivity index (χ4v) is 2.96. The van der Waals surface area contributed by atoms with Crippen LogP contribution < -0.4 is 4.72 Å². The minimum Gasteiger partial charge on any atom is -0.292 e. The summed E-state index contributed by atoms with van der Waals surface area (Å²) in [4.78, 5) is 13.8. The lowest BCUT2D eigenvalue weighted by molar-refractivity contribution is 0.0918. The fraction of sp³-hybridized carbons (Fsp3) is 0.176. The van der Waals surface area contributed by atoms with Crippen molar-refractivity contribution in [2.24, 2.45) is 0 Å². The van der Waals surface area contributed by atoms with Crippen molar-refractivity contribution in [3.05, 3.63) is 59.9 Å². The molecule has 0 aliphatic carbocycles. The third kappa shape index (κ3) is 4.53. The summed E-state index contributed by atoms with van der Waals surface area (Å²) < 4.78 is 38.1. The first-order valence-corrected chi connectivity index (χ1v) is 9.79. The quantitative estimate of drug-likeness (QED) is 0.648. The average molecular weight is 389 g/mol. The van der Waals surface area contributed by atoms with Gasteiger partial charge in [-0.3, -0.25) is 9.52 Å². The third-order valence-electron chi connectivity index (χ3n) is 3.71. The molecule has 0 spiro atoms. The molecule has 0 saturated heterocycles. The molecule has 1 N–H and O–H groups in total. The molecular weight excluding hydrogens is 373 g/mol. The highest BCUT2D eigenvalue weighted by Crippen LogP contribution is 2.19. The Hall–Kier alpha value is -3.14. The maximum Gasteiger partial charge on any atom is 0.229 e. The number of sulfonamides is 1. The Morgan fingerprint density at radius 2 is 1.89 bits per heavy atom. The number of aromatic nitrogens is 4. The molecule has 1 atom stereocenters. The summed E-state index contributed by atoms with van der Waals surface area (Å²) in [5.41, 5.74) is 1.18. The predicted octanol–water partition coefficient (Wildman–Crippen LogP) is 2.29. The molecule has 1 unspecified atom stereocenters. The summed E-state index contributed by atoms with van der Waals surface area (Å²) in [5.74, 6) is -0.485. The Labute approximate surface area is 155 Å². The number of Topliss-reactive ketones (excluding diaryl/α,β-unsaturated/α-hetero) is 1. The van der Waals surface area contributed by atoms with Crippen molar-refractivity contribution in [2.75, 3.05) is 11.0 Å². The number of ketones is 1. The maximum absolute atomic E-state index is 13.3. The van der Waals surface area contributed by atoms with Gasteiger partial charge in [0.1, 0.15) is 11.9 Å². The molecule has 1 heterocycles. The van der Waals surface area contributed by atoms with E-state index >= 15 is 0 Å². The summed E-state index contributed by atoms with van der Waals surface area (Å²) in [6.45, 7) is 1.61. The predicted molar refractivity (Wildman–Crippen MR) is 97.2 cm³/mol. The molecule has 3 rings (SSSR count). The van der Waals surface area contributed by atoms with E-state index in [1.807, 2.05) is 0 Å². The van der Waals surface area contributed by atoms with Gasteiger partial charge < -0.3 is 0 Å². The summed E-state index contributed by atoms with van der Waals surface area (Å²) in [7, 11) is -3.39. The highest BCUT2D eigenvalue weighted by molar-refractivity contribution is 7.92. The van der Waals surface area contributed by atoms with Crippen LogP contribution in [0.25, 0.3) is 11.4 Å². The normalized spacial score (nSPS) is 12.6. The van der Waals surface area contributed by atoms with Crippen molar-refractivity contribution in [1.82, 2.24) is 20.2 Å². The van der Waals surface area contributed by atoms with Gasteiger partial charge in [0.2, 0.25) is 15.8 Å². The zero-order chi connectivity index (χ0) is 19.6. The Morgan fingerprint density at radius 3 is 2.52 bits per heavy atom. The van der Waals surface area contributed by atoms with Gasteiger partial charge in [-0.15, -0.1) is 10.2 Å². The molecule has 140 valence electrons. The van der Waals surface area contributed by atoms with Gasteiger partial charge >= 0.3 is 0 Å². The van der Waals surface area contributed by atoms with Crippen LogP contribution in [0.2, 0.25) is 0 Å². The molecule has 10 heteroatoms. The second-order valence-electron chi connectivity index (χ2n) is 5.94. The number of hydrogen-bond acceptors (Lipinski definition) is 6. The molecule has 3 aromatic rings. The standard InChI is InChI=1S/C17H16FN5O3S/c1-11(16(24)12-6-8-15(9-7-12)21-27(2,25)26)23-20-17(19-22-23)13-4-3-5-14(18)10-13/h3-11,21H,1-2H3. The molecule has 0 aliphatic rings. The highest BCUT2D eigenvalue weighted by Gasteiger charge is 2.20. The van der Waals surface area contributed by atoms with Crippen molar-refractivity contribution in [1.29, 1.82) is 0 Å². The number of tetrazole rings is 1. The van der Waals surface area contributed by atoms with Crippen LogP contribution >= 0.6 is 0 Å². The highest BCUT2D eigenvalue weighted by atomic mass is 32.2. The second-order valence-corrected chi connectivity index (χ2v) is 7.68. The summed E-state index contributed by atoms with van der Waals surface area (Å²) >= 11 is 0. The van der Waals surface area contributed by atoms with E-state index in [4.69, 9.17) is 0 Å². The van der Waals surface area contributed by atoms with Gasteiger partial charge in [0.05, 0.1) is 6.26 Å². The van der Waals surface area contributed by atoms with E-state index in [0.29, 0.717) is 16.8 Å². The molecule has 0 saturated carbocycles. The Bertz CT molecular complexity index is 1080. The zero-order valence-electron chi connectivity index (χ0n) is 14.5. The smallest absolute Gasteiger partial charge is 0.229 e. The molecule has 27 heavy (non-hydrogen) atoms. The van der Waals surface area contributed by atoms with Crippen LogP contribution in [0.5, 0.6) is 0 Å². The van der Waals surface area contributed by atoms with Crippen LogP contribution in [0.3, 0.4) is 0 Å². The number of rotatable bonds is 6. The van der Waals surface area contributed by atoms with Crippen LogP contribution in [0.4, 0.5) is 10.1 Å². The molecule has 0 fully saturated rings. The van der Waals surface area contributed by atoms with Crippen molar-refractivity contribution in [3.8, 4) is 11.4 Å². The average Bonchev–Trinajstić information content (AvgIpc) is 3.10. The van der Waals surface area contributed by atoms with Gasteiger partial charge in [-0.25, -0.2) is 12.8 Å². The number of benzene rings is 2. The number of carbonyl (C=O) groups excluding carboxylic acids is 1. The minimum absolute atomic E-state index is 0.210. The lowest BCUT2D eigenvalue weighted by atomic mass is 10.1. The number of hydrogen-bond donors (Lipinski definition) is 1. The lowest BCUT2D eigenvalue weighted by Crippen LogP contribution is -2.19. The van der Waals surface area contributed by atoms with Gasteiger partial charge in [0.25, 0.3) is 0 Å². The van der Waals surface area contributed by atoms with Gasteiger partial charge in [0.15, 0.2) is 5.78 Å². The third-order valence-corrected chi connectivity index (χ3v) is 4.32. The zero-order valence-corrected chi connectivity index (χ0v) is 15.3. The number of nitrogens with zero attached hydrogens (tertiary/aromatic N) is 4. The summed E-state index contributed by atoms with van der Waals surface area (Å²) in [6.07, 6.45) is 1.04. The topological polar surface area (TPSA) is 107 Å². The summed E-state index contributed by atoms with van der Waals surface area (Å²) in [6, 6.07) is 11.0. The minimum atomic E-state index is -3.39. The van der Waals surface area contributed by atoms with Crippen molar-refractivity contribution < 1.29 is 17.6 Å². The monoisotopic (exact) mass is 389 g/mol. The largest absolute Gasteiger partial charge is 0.292 e. The Morgan fingerprint density at radius 1 is 1.19 bits per heavy atom. The molecule has 0 amide bonds. The number of nitrogens with one attached hydrogen (secondary N) is 1. The van der Waals surface area contributed by atoms with E-state index in [1.54, 1.807) is 13.0 Å². The van der Waals surface area contributed by atoms with Crippen molar-refractivity contribution in [3.63, 3.8) is 0 Å². The molecular formula is C17H16FN5O3S. The SMILES string of the molecule is CC(C(=O)c1ccc(NS(C)(=O)=O)cc1)n1nnc(-c2cccc(F)c2)n1. The molecule has 0 aliphatic heterocycles. The van der Waals surface area contributed by atoms with E-state index in [-0.39, 0.29) is 11.6 Å². The lowest BCUT2D eigenvalue weighted by Gasteiger charge is -2.10. The van der Waals surface area contributed by atoms with Crippen molar-refractivity contribution >= 4 is 21.5 Å². The van der Waals surface area contributed by atoms with Gasteiger partial charge in [0, 0.05) is 16.8 Å². The van der Waals surface area contributed by atoms with Crippen LogP contribution in [0.1, 0.15) is 23.3 Å². The molecule has 0 radical (unpaired) electrons. The van der Waals surface area contributed by atoms with Crippen LogP contribution in [0.15, 0.2) is 48.5 Å². The van der Waals surface area contributed by atoms with E-state index < -0.39 is 21.9 Å². The van der Waals surface area contributed by atoms with Gasteiger partial charge in [-0.05, 0) is 48.5 Å². The van der Waals surface area contributed by atoms with Gasteiger partial charge in [-0.1, -0.05) is 12.1 Å². The Kier molecular flexibility index (Phi) is 5.00. The Balaban J connectivity index is 1.78. The second kappa shape index (κ2) is 7.23.